The van der Waals surface area contributed by atoms with Crippen LogP contribution in [-0.4, -0.2) is 59.1 Å². The number of hydrogen-bond donors (Lipinski definition) is 1. The van der Waals surface area contributed by atoms with Gasteiger partial charge in [0.2, 0.25) is 0 Å². The summed E-state index contributed by atoms with van der Waals surface area (Å²) in [5.41, 5.74) is 3.60. The Hall–Kier alpha value is -2.76. The average molecular weight is 389 g/mol. The lowest BCUT2D eigenvalue weighted by atomic mass is 9.95. The number of carbonyl (C=O) groups is 1. The van der Waals surface area contributed by atoms with Crippen molar-refractivity contribution in [2.75, 3.05) is 27.2 Å². The first kappa shape index (κ1) is 19.6. The maximum atomic E-state index is 12.4. The summed E-state index contributed by atoms with van der Waals surface area (Å²) in [5, 5.41) is 10.8. The lowest BCUT2D eigenvalue weighted by molar-refractivity contribution is 0.0695. The fourth-order valence-corrected chi connectivity index (χ4v) is 4.30. The predicted molar refractivity (Wildman–Crippen MR) is 116 cm³/mol. The molecule has 4 rings (SSSR count). The lowest BCUT2D eigenvalue weighted by Gasteiger charge is -2.35. The van der Waals surface area contributed by atoms with Gasteiger partial charge in [0.05, 0.1) is 16.8 Å². The van der Waals surface area contributed by atoms with E-state index in [0.717, 1.165) is 48.3 Å². The van der Waals surface area contributed by atoms with E-state index in [9.17, 15) is 9.90 Å². The van der Waals surface area contributed by atoms with Crippen molar-refractivity contribution in [3.8, 4) is 11.3 Å². The fourth-order valence-electron chi connectivity index (χ4n) is 4.30. The quantitative estimate of drug-likeness (QED) is 0.711. The lowest BCUT2D eigenvalue weighted by Crippen LogP contribution is -2.41. The summed E-state index contributed by atoms with van der Waals surface area (Å²) in [6.07, 6.45) is 2.19. The minimum Gasteiger partial charge on any atom is -0.478 e. The molecule has 2 heterocycles. The number of benzene rings is 2. The Kier molecular flexibility index (Phi) is 5.60. The number of fused-ring (bicyclic) bond motifs is 1. The van der Waals surface area contributed by atoms with E-state index < -0.39 is 5.97 Å². The van der Waals surface area contributed by atoms with Gasteiger partial charge in [-0.1, -0.05) is 48.5 Å². The van der Waals surface area contributed by atoms with E-state index in [-0.39, 0.29) is 0 Å². The summed E-state index contributed by atoms with van der Waals surface area (Å²) in [5.74, 6) is -0.896. The molecule has 0 atom stereocenters. The number of carboxylic acid groups (broad SMARTS) is 1. The molecule has 0 bridgehead atoms. The normalized spacial score (nSPS) is 15.8. The number of para-hydroxylation sites is 1. The van der Waals surface area contributed by atoms with Crippen LogP contribution < -0.4 is 0 Å². The Labute approximate surface area is 171 Å². The highest BCUT2D eigenvalue weighted by atomic mass is 16.4. The van der Waals surface area contributed by atoms with Crippen molar-refractivity contribution >= 4 is 16.9 Å². The number of carboxylic acids is 1. The molecule has 3 aromatic rings. The van der Waals surface area contributed by atoms with E-state index >= 15 is 0 Å². The van der Waals surface area contributed by atoms with E-state index in [1.807, 2.05) is 54.6 Å². The molecule has 0 spiro atoms. The molecule has 0 unspecified atom stereocenters. The van der Waals surface area contributed by atoms with Gasteiger partial charge >= 0.3 is 5.97 Å². The third kappa shape index (κ3) is 4.02. The number of rotatable bonds is 5. The van der Waals surface area contributed by atoms with E-state index in [1.165, 1.54) is 0 Å². The number of piperidine rings is 1. The summed E-state index contributed by atoms with van der Waals surface area (Å²) in [4.78, 5) is 21.9. The second-order valence-electron chi connectivity index (χ2n) is 7.95. The molecule has 2 aromatic carbocycles. The molecule has 29 heavy (non-hydrogen) atoms. The summed E-state index contributed by atoms with van der Waals surface area (Å²) in [6, 6.07) is 17.9. The van der Waals surface area contributed by atoms with Crippen molar-refractivity contribution in [2.24, 2.45) is 0 Å². The van der Waals surface area contributed by atoms with Crippen molar-refractivity contribution in [1.82, 2.24) is 14.8 Å². The van der Waals surface area contributed by atoms with Crippen molar-refractivity contribution in [3.05, 3.63) is 65.7 Å². The van der Waals surface area contributed by atoms with Gasteiger partial charge in [-0.3, -0.25) is 4.90 Å². The standard InChI is InChI=1S/C24H27N3O2/c1-26-14-12-18(13-15-26)27(2)16-20-22(24(28)29)19-10-6-7-11-21(19)25-23(20)17-8-4-3-5-9-17/h3-11,18H,12-16H2,1-2H3,(H,28,29). The molecule has 1 aliphatic heterocycles. The van der Waals surface area contributed by atoms with Crippen LogP contribution in [0, 0.1) is 0 Å². The summed E-state index contributed by atoms with van der Waals surface area (Å²) in [6.45, 7) is 2.71. The first-order chi connectivity index (χ1) is 14.0. The molecule has 0 aliphatic carbocycles. The van der Waals surface area contributed by atoms with Crippen LogP contribution in [0.2, 0.25) is 0 Å². The van der Waals surface area contributed by atoms with E-state index in [1.54, 1.807) is 0 Å². The molecule has 1 N–H and O–H groups in total. The fraction of sp³-hybridized carbons (Fsp3) is 0.333. The van der Waals surface area contributed by atoms with Crippen LogP contribution in [0.5, 0.6) is 0 Å². The molecule has 1 saturated heterocycles. The molecular weight excluding hydrogens is 362 g/mol. The van der Waals surface area contributed by atoms with Gasteiger partial charge in [-0.25, -0.2) is 9.78 Å². The molecule has 5 heteroatoms. The highest BCUT2D eigenvalue weighted by Crippen LogP contribution is 2.32. The van der Waals surface area contributed by atoms with Crippen molar-refractivity contribution in [1.29, 1.82) is 0 Å². The number of nitrogens with zero attached hydrogens (tertiary/aromatic N) is 3. The topological polar surface area (TPSA) is 56.7 Å². The van der Waals surface area contributed by atoms with Gasteiger partial charge in [0, 0.05) is 29.1 Å². The van der Waals surface area contributed by atoms with Crippen LogP contribution in [-0.2, 0) is 6.54 Å². The smallest absolute Gasteiger partial charge is 0.336 e. The van der Waals surface area contributed by atoms with Crippen molar-refractivity contribution in [3.63, 3.8) is 0 Å². The third-order valence-electron chi connectivity index (χ3n) is 5.97. The zero-order chi connectivity index (χ0) is 20.4. The average Bonchev–Trinajstić information content (AvgIpc) is 2.74. The molecule has 0 amide bonds. The number of aromatic carboxylic acids is 1. The minimum atomic E-state index is -0.896. The number of likely N-dealkylation sites (tertiary alicyclic amines) is 1. The maximum Gasteiger partial charge on any atom is 0.336 e. The van der Waals surface area contributed by atoms with Crippen LogP contribution in [0.1, 0.15) is 28.8 Å². The van der Waals surface area contributed by atoms with Crippen LogP contribution >= 0.6 is 0 Å². The van der Waals surface area contributed by atoms with Gasteiger partial charge in [0.1, 0.15) is 0 Å². The summed E-state index contributed by atoms with van der Waals surface area (Å²) < 4.78 is 0. The van der Waals surface area contributed by atoms with Crippen molar-refractivity contribution < 1.29 is 9.90 Å². The van der Waals surface area contributed by atoms with Crippen LogP contribution in [0.15, 0.2) is 54.6 Å². The first-order valence-electron chi connectivity index (χ1n) is 10.1. The second-order valence-corrected chi connectivity index (χ2v) is 7.95. The van der Waals surface area contributed by atoms with Crippen LogP contribution in [0.25, 0.3) is 22.2 Å². The zero-order valence-electron chi connectivity index (χ0n) is 17.0. The van der Waals surface area contributed by atoms with E-state index in [0.29, 0.717) is 23.5 Å². The zero-order valence-corrected chi connectivity index (χ0v) is 17.0. The second kappa shape index (κ2) is 8.31. The van der Waals surface area contributed by atoms with Gasteiger partial charge in [-0.05, 0) is 46.1 Å². The van der Waals surface area contributed by atoms with E-state index in [4.69, 9.17) is 4.98 Å². The number of hydrogen-bond acceptors (Lipinski definition) is 4. The molecule has 1 aromatic heterocycles. The Morgan fingerprint density at radius 3 is 2.45 bits per heavy atom. The Bertz CT molecular complexity index is 1010. The third-order valence-corrected chi connectivity index (χ3v) is 5.97. The molecule has 0 radical (unpaired) electrons. The van der Waals surface area contributed by atoms with Gasteiger partial charge in [-0.2, -0.15) is 0 Å². The maximum absolute atomic E-state index is 12.4. The number of aromatic nitrogens is 1. The monoisotopic (exact) mass is 389 g/mol. The molecule has 150 valence electrons. The largest absolute Gasteiger partial charge is 0.478 e. The molecule has 0 saturated carbocycles. The summed E-state index contributed by atoms with van der Waals surface area (Å²) in [7, 11) is 4.26. The number of pyridine rings is 1. The van der Waals surface area contributed by atoms with Gasteiger partial charge < -0.3 is 10.0 Å². The Balaban J connectivity index is 1.83. The van der Waals surface area contributed by atoms with Gasteiger partial charge in [0.25, 0.3) is 0 Å². The van der Waals surface area contributed by atoms with Crippen LogP contribution in [0.3, 0.4) is 0 Å². The summed E-state index contributed by atoms with van der Waals surface area (Å²) >= 11 is 0. The minimum absolute atomic E-state index is 0.370. The molecule has 1 aliphatic rings. The van der Waals surface area contributed by atoms with Gasteiger partial charge in [-0.15, -0.1) is 0 Å². The molecule has 1 fully saturated rings. The predicted octanol–water partition coefficient (Wildman–Crippen LogP) is 4.13. The first-order valence-corrected chi connectivity index (χ1v) is 10.1. The van der Waals surface area contributed by atoms with Crippen LogP contribution in [0.4, 0.5) is 0 Å². The van der Waals surface area contributed by atoms with Gasteiger partial charge in [0.15, 0.2) is 0 Å². The highest BCUT2D eigenvalue weighted by molar-refractivity contribution is 6.05. The Morgan fingerprint density at radius 2 is 1.76 bits per heavy atom. The van der Waals surface area contributed by atoms with Crippen molar-refractivity contribution in [2.45, 2.75) is 25.4 Å². The Morgan fingerprint density at radius 1 is 1.10 bits per heavy atom. The van der Waals surface area contributed by atoms with E-state index in [2.05, 4.69) is 23.9 Å². The SMILES string of the molecule is CN1CCC(N(C)Cc2c(-c3ccccc3)nc3ccccc3c2C(=O)O)CC1. The molecule has 5 nitrogen and oxygen atoms in total. The highest BCUT2D eigenvalue weighted by Gasteiger charge is 2.26. The molecular formula is C24H27N3O2.